The molecule has 3 nitrogen and oxygen atoms in total. The molecule has 16 heavy (non-hydrogen) atoms. The molecule has 0 aromatic carbocycles. The van der Waals surface area contributed by atoms with E-state index in [0.717, 1.165) is 40.1 Å². The number of rotatable bonds is 3. The third kappa shape index (κ3) is 1.67. The van der Waals surface area contributed by atoms with E-state index in [4.69, 9.17) is 0 Å². The van der Waals surface area contributed by atoms with Gasteiger partial charge in [0.25, 0.3) is 0 Å². The van der Waals surface area contributed by atoms with Crippen LogP contribution in [-0.2, 0) is 6.54 Å². The fourth-order valence-corrected chi connectivity index (χ4v) is 2.27. The van der Waals surface area contributed by atoms with Crippen LogP contribution in [0.3, 0.4) is 0 Å². The highest BCUT2D eigenvalue weighted by Crippen LogP contribution is 2.32. The summed E-state index contributed by atoms with van der Waals surface area (Å²) in [7, 11) is 0. The standard InChI is InChI=1S/C12H11BrN2O/c13-11-4-3-9-5-10(7-16)15(12(9)14-11)6-8-1-2-8/h3-5,7-8H,1-2,6H2. The third-order valence-corrected chi connectivity index (χ3v) is 3.44. The smallest absolute Gasteiger partial charge is 0.166 e. The predicted octanol–water partition coefficient (Wildman–Crippen LogP) is 3.02. The fourth-order valence-electron chi connectivity index (χ4n) is 1.97. The number of halogens is 1. The van der Waals surface area contributed by atoms with Gasteiger partial charge in [0.2, 0.25) is 0 Å². The highest BCUT2D eigenvalue weighted by Gasteiger charge is 2.23. The molecule has 1 fully saturated rings. The van der Waals surface area contributed by atoms with E-state index in [-0.39, 0.29) is 0 Å². The number of carbonyl (C=O) groups excluding carboxylic acids is 1. The van der Waals surface area contributed by atoms with E-state index >= 15 is 0 Å². The van der Waals surface area contributed by atoms with Gasteiger partial charge in [-0.2, -0.15) is 0 Å². The average Bonchev–Trinajstić information content (AvgIpc) is 3.02. The van der Waals surface area contributed by atoms with Gasteiger partial charge in [0.05, 0.1) is 5.69 Å². The largest absolute Gasteiger partial charge is 0.323 e. The van der Waals surface area contributed by atoms with Crippen molar-refractivity contribution in [3.8, 4) is 0 Å². The Morgan fingerprint density at radius 3 is 3.00 bits per heavy atom. The first kappa shape index (κ1) is 10.0. The normalized spacial score (nSPS) is 15.6. The van der Waals surface area contributed by atoms with Gasteiger partial charge in [-0.25, -0.2) is 4.98 Å². The lowest BCUT2D eigenvalue weighted by Crippen LogP contribution is -2.04. The van der Waals surface area contributed by atoms with Gasteiger partial charge in [-0.15, -0.1) is 0 Å². The monoisotopic (exact) mass is 278 g/mol. The van der Waals surface area contributed by atoms with Gasteiger partial charge in [-0.3, -0.25) is 4.79 Å². The summed E-state index contributed by atoms with van der Waals surface area (Å²) >= 11 is 3.37. The van der Waals surface area contributed by atoms with Gasteiger partial charge >= 0.3 is 0 Å². The zero-order chi connectivity index (χ0) is 11.1. The van der Waals surface area contributed by atoms with Gasteiger partial charge < -0.3 is 4.57 Å². The van der Waals surface area contributed by atoms with E-state index < -0.39 is 0 Å². The van der Waals surface area contributed by atoms with E-state index in [1.165, 1.54) is 12.8 Å². The molecule has 0 atom stereocenters. The summed E-state index contributed by atoms with van der Waals surface area (Å²) in [6.07, 6.45) is 3.45. The molecule has 0 aliphatic heterocycles. The molecule has 0 saturated heterocycles. The Hall–Kier alpha value is -1.16. The molecular formula is C12H11BrN2O. The van der Waals surface area contributed by atoms with Gasteiger partial charge in [0, 0.05) is 11.9 Å². The Balaban J connectivity index is 2.18. The second-order valence-electron chi connectivity index (χ2n) is 4.29. The van der Waals surface area contributed by atoms with Crippen molar-refractivity contribution in [2.75, 3.05) is 0 Å². The van der Waals surface area contributed by atoms with Crippen molar-refractivity contribution in [1.82, 2.24) is 9.55 Å². The quantitative estimate of drug-likeness (QED) is 0.639. The van der Waals surface area contributed by atoms with Crippen molar-refractivity contribution < 1.29 is 4.79 Å². The number of nitrogens with zero attached hydrogens (tertiary/aromatic N) is 2. The van der Waals surface area contributed by atoms with Crippen LogP contribution < -0.4 is 0 Å². The van der Waals surface area contributed by atoms with Crippen molar-refractivity contribution in [2.24, 2.45) is 5.92 Å². The van der Waals surface area contributed by atoms with Gasteiger partial charge in [0.1, 0.15) is 10.3 Å². The molecule has 0 spiro atoms. The molecule has 0 amide bonds. The minimum atomic E-state index is 0.729. The zero-order valence-corrected chi connectivity index (χ0v) is 10.3. The molecule has 1 aliphatic rings. The first-order valence-electron chi connectivity index (χ1n) is 5.39. The molecule has 0 unspecified atom stereocenters. The average molecular weight is 279 g/mol. The highest BCUT2D eigenvalue weighted by atomic mass is 79.9. The number of carbonyl (C=O) groups is 1. The van der Waals surface area contributed by atoms with E-state index in [2.05, 4.69) is 20.9 Å². The maximum Gasteiger partial charge on any atom is 0.166 e. The Kier molecular flexibility index (Phi) is 2.32. The van der Waals surface area contributed by atoms with Gasteiger partial charge in [0.15, 0.2) is 6.29 Å². The lowest BCUT2D eigenvalue weighted by atomic mass is 10.3. The zero-order valence-electron chi connectivity index (χ0n) is 8.69. The second-order valence-corrected chi connectivity index (χ2v) is 5.10. The SMILES string of the molecule is O=Cc1cc2ccc(Br)nc2n1CC1CC1. The molecule has 2 heterocycles. The van der Waals surface area contributed by atoms with Crippen molar-refractivity contribution in [2.45, 2.75) is 19.4 Å². The van der Waals surface area contributed by atoms with Crippen molar-refractivity contribution >= 4 is 33.2 Å². The molecule has 0 N–H and O–H groups in total. The van der Waals surface area contributed by atoms with Crippen molar-refractivity contribution in [3.05, 3.63) is 28.5 Å². The van der Waals surface area contributed by atoms with E-state index in [9.17, 15) is 4.79 Å². The van der Waals surface area contributed by atoms with E-state index in [1.807, 2.05) is 22.8 Å². The molecule has 1 saturated carbocycles. The molecule has 0 bridgehead atoms. The number of hydrogen-bond acceptors (Lipinski definition) is 2. The number of aldehydes is 1. The van der Waals surface area contributed by atoms with Gasteiger partial charge in [-0.1, -0.05) is 0 Å². The van der Waals surface area contributed by atoms with E-state index in [0.29, 0.717) is 0 Å². The lowest BCUT2D eigenvalue weighted by Gasteiger charge is -2.05. The molecule has 1 aliphatic carbocycles. The van der Waals surface area contributed by atoms with Crippen LogP contribution in [0.2, 0.25) is 0 Å². The topological polar surface area (TPSA) is 34.9 Å². The number of aromatic nitrogens is 2. The molecule has 4 heteroatoms. The summed E-state index contributed by atoms with van der Waals surface area (Å²) in [5, 5.41) is 1.03. The Bertz CT molecular complexity index is 557. The predicted molar refractivity (Wildman–Crippen MR) is 65.5 cm³/mol. The van der Waals surface area contributed by atoms with Crippen molar-refractivity contribution in [1.29, 1.82) is 0 Å². The van der Waals surface area contributed by atoms with Crippen LogP contribution in [0.4, 0.5) is 0 Å². The number of fused-ring (bicyclic) bond motifs is 1. The number of pyridine rings is 1. The van der Waals surface area contributed by atoms with Crippen LogP contribution in [0.25, 0.3) is 11.0 Å². The maximum absolute atomic E-state index is 11.0. The van der Waals surface area contributed by atoms with Crippen LogP contribution in [0.5, 0.6) is 0 Å². The third-order valence-electron chi connectivity index (χ3n) is 3.00. The lowest BCUT2D eigenvalue weighted by molar-refractivity contribution is 0.111. The molecule has 2 aromatic heterocycles. The number of hydrogen-bond donors (Lipinski definition) is 0. The Morgan fingerprint density at radius 2 is 2.31 bits per heavy atom. The fraction of sp³-hybridized carbons (Fsp3) is 0.333. The van der Waals surface area contributed by atoms with Crippen LogP contribution in [0, 0.1) is 5.92 Å². The van der Waals surface area contributed by atoms with Crippen LogP contribution >= 0.6 is 15.9 Å². The summed E-state index contributed by atoms with van der Waals surface area (Å²) in [6, 6.07) is 5.80. The Labute approximate surface area is 102 Å². The summed E-state index contributed by atoms with van der Waals surface area (Å²) in [6.45, 7) is 0.918. The minimum Gasteiger partial charge on any atom is -0.323 e. The summed E-state index contributed by atoms with van der Waals surface area (Å²) in [4.78, 5) is 15.5. The van der Waals surface area contributed by atoms with Gasteiger partial charge in [-0.05, 0) is 52.9 Å². The minimum absolute atomic E-state index is 0.729. The molecule has 3 rings (SSSR count). The Morgan fingerprint density at radius 1 is 1.50 bits per heavy atom. The van der Waals surface area contributed by atoms with Crippen LogP contribution in [-0.4, -0.2) is 15.8 Å². The van der Waals surface area contributed by atoms with Crippen LogP contribution in [0.15, 0.2) is 22.8 Å². The molecule has 0 radical (unpaired) electrons. The summed E-state index contributed by atoms with van der Waals surface area (Å²) < 4.78 is 2.85. The van der Waals surface area contributed by atoms with Crippen LogP contribution in [0.1, 0.15) is 23.3 Å². The summed E-state index contributed by atoms with van der Waals surface area (Å²) in [5.41, 5.74) is 1.64. The highest BCUT2D eigenvalue weighted by molar-refractivity contribution is 9.10. The second kappa shape index (κ2) is 3.70. The first-order chi connectivity index (χ1) is 7.78. The first-order valence-corrected chi connectivity index (χ1v) is 6.18. The summed E-state index contributed by atoms with van der Waals surface area (Å²) in [5.74, 6) is 0.732. The molecule has 82 valence electrons. The molecular weight excluding hydrogens is 268 g/mol. The maximum atomic E-state index is 11.0. The van der Waals surface area contributed by atoms with Crippen molar-refractivity contribution in [3.63, 3.8) is 0 Å². The van der Waals surface area contributed by atoms with E-state index in [1.54, 1.807) is 0 Å². The molecule has 2 aromatic rings.